The Bertz CT molecular complexity index is 548. The number of hydrogen-bond donors (Lipinski definition) is 3. The molecule has 0 unspecified atom stereocenters. The molecule has 3 N–H and O–H groups in total. The molecule has 1 aliphatic rings. The van der Waals surface area contributed by atoms with Crippen LogP contribution in [0.3, 0.4) is 0 Å². The topological polar surface area (TPSA) is 94.9 Å². The number of imidazole rings is 1. The maximum Gasteiger partial charge on any atom is 0.181 e. The lowest BCUT2D eigenvalue weighted by Gasteiger charge is -2.22. The van der Waals surface area contributed by atoms with E-state index in [0.717, 1.165) is 18.7 Å². The predicted octanol–water partition coefficient (Wildman–Crippen LogP) is 0.605. The first kappa shape index (κ1) is 10.6. The largest absolute Gasteiger partial charge is 0.390 e. The monoisotopic (exact) mass is 234 g/mol. The van der Waals surface area contributed by atoms with Crippen LogP contribution in [-0.2, 0) is 13.2 Å². The summed E-state index contributed by atoms with van der Waals surface area (Å²) in [6.45, 7) is -0.424. The molecule has 1 fully saturated rings. The highest BCUT2D eigenvalue weighted by Crippen LogP contribution is 2.35. The number of aromatic amines is 1. The minimum atomic E-state index is -0.242. The fourth-order valence-electron chi connectivity index (χ4n) is 2.08. The Hall–Kier alpha value is -1.53. The standard InChI is InChI=1S/C11H14N4O2/c16-4-7-9-11(13-8(5-17)12-7)15-10(14-9)6-2-1-3-6/h6,16-17H,1-5H2,(H,12,13,14,15). The van der Waals surface area contributed by atoms with Crippen LogP contribution in [0.5, 0.6) is 0 Å². The maximum atomic E-state index is 9.25. The molecule has 1 aliphatic carbocycles. The van der Waals surface area contributed by atoms with Crippen LogP contribution >= 0.6 is 0 Å². The molecule has 2 aromatic rings. The average Bonchev–Trinajstić information content (AvgIpc) is 2.68. The van der Waals surface area contributed by atoms with Crippen molar-refractivity contribution in [3.8, 4) is 0 Å². The van der Waals surface area contributed by atoms with Gasteiger partial charge in [-0.2, -0.15) is 0 Å². The van der Waals surface area contributed by atoms with Crippen molar-refractivity contribution in [2.24, 2.45) is 0 Å². The number of aliphatic hydroxyl groups is 2. The van der Waals surface area contributed by atoms with Crippen LogP contribution in [0.15, 0.2) is 0 Å². The highest BCUT2D eigenvalue weighted by Gasteiger charge is 2.24. The lowest BCUT2D eigenvalue weighted by molar-refractivity contribution is 0.263. The molecule has 0 saturated heterocycles. The summed E-state index contributed by atoms with van der Waals surface area (Å²) in [5.74, 6) is 1.70. The van der Waals surface area contributed by atoms with Crippen LogP contribution in [-0.4, -0.2) is 30.1 Å². The summed E-state index contributed by atoms with van der Waals surface area (Å²) in [7, 11) is 0. The summed E-state index contributed by atoms with van der Waals surface area (Å²) in [6, 6.07) is 0. The Morgan fingerprint density at radius 3 is 2.53 bits per heavy atom. The zero-order valence-corrected chi connectivity index (χ0v) is 9.35. The van der Waals surface area contributed by atoms with E-state index in [0.29, 0.717) is 28.6 Å². The van der Waals surface area contributed by atoms with Gasteiger partial charge in [-0.3, -0.25) is 0 Å². The Balaban J connectivity index is 2.12. The smallest absolute Gasteiger partial charge is 0.181 e. The molecule has 90 valence electrons. The van der Waals surface area contributed by atoms with Crippen molar-refractivity contribution in [1.82, 2.24) is 19.9 Å². The average molecular weight is 234 g/mol. The van der Waals surface area contributed by atoms with E-state index in [-0.39, 0.29) is 13.2 Å². The molecule has 1 saturated carbocycles. The molecule has 3 rings (SSSR count). The number of H-pyrrole nitrogens is 1. The van der Waals surface area contributed by atoms with Crippen molar-refractivity contribution < 1.29 is 10.2 Å². The van der Waals surface area contributed by atoms with Crippen molar-refractivity contribution >= 4 is 11.2 Å². The van der Waals surface area contributed by atoms with Gasteiger partial charge in [-0.25, -0.2) is 15.0 Å². The van der Waals surface area contributed by atoms with Gasteiger partial charge in [0.1, 0.15) is 17.9 Å². The van der Waals surface area contributed by atoms with Crippen LogP contribution in [0.1, 0.15) is 42.5 Å². The Kier molecular flexibility index (Phi) is 2.53. The van der Waals surface area contributed by atoms with E-state index < -0.39 is 0 Å². The van der Waals surface area contributed by atoms with Gasteiger partial charge in [0.05, 0.1) is 12.3 Å². The van der Waals surface area contributed by atoms with Gasteiger partial charge in [0.25, 0.3) is 0 Å². The number of aliphatic hydroxyl groups excluding tert-OH is 2. The van der Waals surface area contributed by atoms with Crippen LogP contribution in [0.25, 0.3) is 11.2 Å². The molecule has 6 heteroatoms. The summed E-state index contributed by atoms with van der Waals surface area (Å²) in [5.41, 5.74) is 1.72. The number of nitrogens with one attached hydrogen (secondary N) is 1. The van der Waals surface area contributed by atoms with Gasteiger partial charge in [-0.05, 0) is 12.8 Å². The van der Waals surface area contributed by atoms with Gasteiger partial charge in [-0.1, -0.05) is 6.42 Å². The third-order valence-corrected chi connectivity index (χ3v) is 3.27. The van der Waals surface area contributed by atoms with Gasteiger partial charge in [0, 0.05) is 5.92 Å². The highest BCUT2D eigenvalue weighted by molar-refractivity contribution is 5.73. The van der Waals surface area contributed by atoms with E-state index in [4.69, 9.17) is 5.11 Å². The van der Waals surface area contributed by atoms with Crippen molar-refractivity contribution in [3.63, 3.8) is 0 Å². The maximum absolute atomic E-state index is 9.25. The van der Waals surface area contributed by atoms with Crippen LogP contribution < -0.4 is 0 Å². The molecule has 6 nitrogen and oxygen atoms in total. The third kappa shape index (κ3) is 1.69. The first-order valence-electron chi connectivity index (χ1n) is 5.79. The first-order valence-corrected chi connectivity index (χ1v) is 5.79. The third-order valence-electron chi connectivity index (χ3n) is 3.27. The lowest BCUT2D eigenvalue weighted by Crippen LogP contribution is -2.10. The lowest BCUT2D eigenvalue weighted by atomic mass is 9.85. The van der Waals surface area contributed by atoms with E-state index in [1.54, 1.807) is 0 Å². The molecule has 2 heterocycles. The summed E-state index contributed by atoms with van der Waals surface area (Å²) in [4.78, 5) is 15.8. The molecular weight excluding hydrogens is 220 g/mol. The molecular formula is C11H14N4O2. The second-order valence-corrected chi connectivity index (χ2v) is 4.35. The fraction of sp³-hybridized carbons (Fsp3) is 0.545. The number of aromatic nitrogens is 4. The number of hydrogen-bond acceptors (Lipinski definition) is 5. The van der Waals surface area contributed by atoms with Gasteiger partial charge < -0.3 is 15.2 Å². The Morgan fingerprint density at radius 2 is 1.94 bits per heavy atom. The van der Waals surface area contributed by atoms with E-state index >= 15 is 0 Å². The zero-order valence-electron chi connectivity index (χ0n) is 9.35. The van der Waals surface area contributed by atoms with E-state index in [1.165, 1.54) is 6.42 Å². The quantitative estimate of drug-likeness (QED) is 0.723. The SMILES string of the molecule is OCc1nc(CO)c2[nH]c(C3CCC3)nc2n1. The Morgan fingerprint density at radius 1 is 1.12 bits per heavy atom. The molecule has 0 aliphatic heterocycles. The molecule has 2 aromatic heterocycles. The molecule has 0 atom stereocenters. The first-order chi connectivity index (χ1) is 8.31. The van der Waals surface area contributed by atoms with E-state index in [1.807, 2.05) is 0 Å². The summed E-state index contributed by atoms with van der Waals surface area (Å²) in [5, 5.41) is 18.3. The minimum Gasteiger partial charge on any atom is -0.390 e. The van der Waals surface area contributed by atoms with Crippen LogP contribution in [0.4, 0.5) is 0 Å². The van der Waals surface area contributed by atoms with Gasteiger partial charge in [0.2, 0.25) is 0 Å². The van der Waals surface area contributed by atoms with E-state index in [9.17, 15) is 5.11 Å². The summed E-state index contributed by atoms with van der Waals surface area (Å²) in [6.07, 6.45) is 3.53. The zero-order chi connectivity index (χ0) is 11.8. The van der Waals surface area contributed by atoms with Crippen LogP contribution in [0.2, 0.25) is 0 Å². The minimum absolute atomic E-state index is 0.182. The number of nitrogens with zero attached hydrogens (tertiary/aromatic N) is 3. The van der Waals surface area contributed by atoms with Crippen molar-refractivity contribution in [1.29, 1.82) is 0 Å². The molecule has 0 aromatic carbocycles. The molecule has 17 heavy (non-hydrogen) atoms. The van der Waals surface area contributed by atoms with Crippen molar-refractivity contribution in [2.75, 3.05) is 0 Å². The van der Waals surface area contributed by atoms with Crippen molar-refractivity contribution in [2.45, 2.75) is 38.4 Å². The fourth-order valence-corrected chi connectivity index (χ4v) is 2.08. The predicted molar refractivity (Wildman–Crippen MR) is 60.1 cm³/mol. The highest BCUT2D eigenvalue weighted by atomic mass is 16.3. The number of fused-ring (bicyclic) bond motifs is 1. The summed E-state index contributed by atoms with van der Waals surface area (Å²) >= 11 is 0. The van der Waals surface area contributed by atoms with Crippen molar-refractivity contribution in [3.05, 3.63) is 17.3 Å². The molecule has 0 amide bonds. The normalized spacial score (nSPS) is 16.4. The molecule has 0 spiro atoms. The molecule has 0 radical (unpaired) electrons. The van der Waals surface area contributed by atoms with Gasteiger partial charge in [0.15, 0.2) is 11.5 Å². The number of rotatable bonds is 3. The second kappa shape index (κ2) is 4.05. The van der Waals surface area contributed by atoms with Crippen LogP contribution in [0, 0.1) is 0 Å². The Labute approximate surface area is 97.8 Å². The van der Waals surface area contributed by atoms with Gasteiger partial charge in [-0.15, -0.1) is 0 Å². The summed E-state index contributed by atoms with van der Waals surface area (Å²) < 4.78 is 0. The van der Waals surface area contributed by atoms with E-state index in [2.05, 4.69) is 19.9 Å². The van der Waals surface area contributed by atoms with Gasteiger partial charge >= 0.3 is 0 Å². The molecule has 0 bridgehead atoms. The second-order valence-electron chi connectivity index (χ2n) is 4.35.